The van der Waals surface area contributed by atoms with Crippen LogP contribution in [-0.2, 0) is 13.5 Å². The van der Waals surface area contributed by atoms with E-state index < -0.39 is 5.92 Å². The maximum Gasteiger partial charge on any atom is 0.248 e. The Bertz CT molecular complexity index is 393. The fourth-order valence-electron chi connectivity index (χ4n) is 3.00. The van der Waals surface area contributed by atoms with Crippen LogP contribution in [0.1, 0.15) is 37.9 Å². The molecule has 19 heavy (non-hydrogen) atoms. The van der Waals surface area contributed by atoms with Crippen LogP contribution in [0, 0.1) is 5.92 Å². The average Bonchev–Trinajstić information content (AvgIpc) is 2.77. The minimum absolute atomic E-state index is 0.0399. The fraction of sp³-hybridized carbons (Fsp3) is 0.786. The number of halogens is 2. The Kier molecular flexibility index (Phi) is 4.55. The zero-order valence-corrected chi connectivity index (χ0v) is 11.7. The first-order valence-electron chi connectivity index (χ1n) is 7.03. The van der Waals surface area contributed by atoms with Crippen LogP contribution in [0.5, 0.6) is 0 Å². The van der Waals surface area contributed by atoms with Crippen LogP contribution in [0.2, 0.25) is 0 Å². The van der Waals surface area contributed by atoms with Gasteiger partial charge in [0.05, 0.1) is 0 Å². The summed E-state index contributed by atoms with van der Waals surface area (Å²) in [4.78, 5) is 4.31. The minimum atomic E-state index is -2.44. The van der Waals surface area contributed by atoms with Gasteiger partial charge < -0.3 is 9.88 Å². The fourth-order valence-corrected chi connectivity index (χ4v) is 3.00. The highest BCUT2D eigenvalue weighted by Gasteiger charge is 2.37. The van der Waals surface area contributed by atoms with E-state index in [1.54, 1.807) is 6.20 Å². The van der Waals surface area contributed by atoms with Gasteiger partial charge in [-0.25, -0.2) is 13.8 Å². The predicted molar refractivity (Wildman–Crippen MR) is 71.3 cm³/mol. The monoisotopic (exact) mass is 271 g/mol. The minimum Gasteiger partial charge on any atom is -0.338 e. The molecule has 0 bridgehead atoms. The van der Waals surface area contributed by atoms with Crippen molar-refractivity contribution in [1.82, 2.24) is 14.9 Å². The highest BCUT2D eigenvalue weighted by Crippen LogP contribution is 2.38. The summed E-state index contributed by atoms with van der Waals surface area (Å²) in [6.45, 7) is 0. The number of aryl methyl sites for hydroxylation is 2. The van der Waals surface area contributed by atoms with E-state index in [1.165, 1.54) is 0 Å². The zero-order valence-electron chi connectivity index (χ0n) is 11.7. The largest absolute Gasteiger partial charge is 0.338 e. The maximum atomic E-state index is 13.2. The molecule has 1 atom stereocenters. The van der Waals surface area contributed by atoms with Crippen molar-refractivity contribution in [3.05, 3.63) is 18.2 Å². The Morgan fingerprint density at radius 3 is 2.68 bits per heavy atom. The summed E-state index contributed by atoms with van der Waals surface area (Å²) in [6, 6.07) is 0.313. The van der Waals surface area contributed by atoms with Gasteiger partial charge in [0.1, 0.15) is 5.82 Å². The summed E-state index contributed by atoms with van der Waals surface area (Å²) >= 11 is 0. The molecule has 0 radical (unpaired) electrons. The van der Waals surface area contributed by atoms with Gasteiger partial charge in [0, 0.05) is 44.7 Å². The van der Waals surface area contributed by atoms with E-state index in [-0.39, 0.29) is 12.8 Å². The van der Waals surface area contributed by atoms with Crippen molar-refractivity contribution in [3.63, 3.8) is 0 Å². The number of hydrogen-bond donors (Lipinski definition) is 1. The molecule has 1 aliphatic rings. The summed E-state index contributed by atoms with van der Waals surface area (Å²) in [5, 5.41) is 3.30. The van der Waals surface area contributed by atoms with E-state index in [9.17, 15) is 8.78 Å². The molecule has 2 rings (SSSR count). The van der Waals surface area contributed by atoms with Gasteiger partial charge in [-0.2, -0.15) is 0 Å². The van der Waals surface area contributed by atoms with Crippen molar-refractivity contribution < 1.29 is 8.78 Å². The Morgan fingerprint density at radius 2 is 2.16 bits per heavy atom. The van der Waals surface area contributed by atoms with Crippen LogP contribution in [-0.4, -0.2) is 28.6 Å². The summed E-state index contributed by atoms with van der Waals surface area (Å²) in [6.07, 6.45) is 6.91. The molecule has 0 aromatic carbocycles. The molecule has 1 aromatic rings. The number of alkyl halides is 2. The van der Waals surface area contributed by atoms with Crippen LogP contribution < -0.4 is 5.32 Å². The lowest BCUT2D eigenvalue weighted by atomic mass is 9.80. The molecule has 1 fully saturated rings. The van der Waals surface area contributed by atoms with E-state index in [2.05, 4.69) is 10.3 Å². The summed E-state index contributed by atoms with van der Waals surface area (Å²) in [7, 11) is 3.91. The van der Waals surface area contributed by atoms with Gasteiger partial charge in [0.25, 0.3) is 0 Å². The Morgan fingerprint density at radius 1 is 1.47 bits per heavy atom. The molecule has 108 valence electrons. The van der Waals surface area contributed by atoms with Gasteiger partial charge in [-0.15, -0.1) is 0 Å². The Labute approximate surface area is 113 Å². The van der Waals surface area contributed by atoms with Crippen LogP contribution in [0.15, 0.2) is 12.4 Å². The molecule has 1 aliphatic carbocycles. The molecular formula is C14H23F2N3. The third-order valence-electron chi connectivity index (χ3n) is 4.30. The molecule has 1 aromatic heterocycles. The van der Waals surface area contributed by atoms with Gasteiger partial charge in [-0.05, 0) is 32.2 Å². The molecule has 0 spiro atoms. The van der Waals surface area contributed by atoms with Crippen molar-refractivity contribution in [2.75, 3.05) is 7.05 Å². The molecule has 1 N–H and O–H groups in total. The standard InChI is InChI=1S/C14H23F2N3/c1-17-12(3-4-13-18-9-10-19(13)2)11-5-7-14(15,16)8-6-11/h9-12,17H,3-8H2,1-2H3. The lowest BCUT2D eigenvalue weighted by Crippen LogP contribution is -2.38. The number of hydrogen-bond acceptors (Lipinski definition) is 2. The van der Waals surface area contributed by atoms with Gasteiger partial charge in [-0.1, -0.05) is 0 Å². The second kappa shape index (κ2) is 5.99. The molecule has 1 unspecified atom stereocenters. The van der Waals surface area contributed by atoms with Gasteiger partial charge in [-0.3, -0.25) is 0 Å². The lowest BCUT2D eigenvalue weighted by molar-refractivity contribution is -0.0496. The van der Waals surface area contributed by atoms with Crippen LogP contribution in [0.3, 0.4) is 0 Å². The molecule has 0 aliphatic heterocycles. The molecule has 0 amide bonds. The molecule has 1 saturated carbocycles. The van der Waals surface area contributed by atoms with Crippen molar-refractivity contribution in [1.29, 1.82) is 0 Å². The number of rotatable bonds is 5. The third-order valence-corrected chi connectivity index (χ3v) is 4.30. The van der Waals surface area contributed by atoms with Crippen molar-refractivity contribution >= 4 is 0 Å². The number of nitrogens with one attached hydrogen (secondary N) is 1. The number of aromatic nitrogens is 2. The normalized spacial score (nSPS) is 21.5. The van der Waals surface area contributed by atoms with Crippen LogP contribution in [0.4, 0.5) is 8.78 Å². The van der Waals surface area contributed by atoms with E-state index in [1.807, 2.05) is 24.9 Å². The first kappa shape index (κ1) is 14.4. The van der Waals surface area contributed by atoms with Gasteiger partial charge in [0.2, 0.25) is 5.92 Å². The predicted octanol–water partition coefficient (Wildman–Crippen LogP) is 2.77. The SMILES string of the molecule is CNC(CCc1nccn1C)C1CCC(F)(F)CC1. The van der Waals surface area contributed by atoms with Crippen LogP contribution in [0.25, 0.3) is 0 Å². The summed E-state index contributed by atoms with van der Waals surface area (Å²) in [5.41, 5.74) is 0. The van der Waals surface area contributed by atoms with E-state index in [0.717, 1.165) is 18.7 Å². The molecule has 3 nitrogen and oxygen atoms in total. The van der Waals surface area contributed by atoms with Gasteiger partial charge >= 0.3 is 0 Å². The summed E-state index contributed by atoms with van der Waals surface area (Å²) in [5.74, 6) is -1.01. The van der Waals surface area contributed by atoms with E-state index >= 15 is 0 Å². The first-order chi connectivity index (χ1) is 9.02. The first-order valence-corrected chi connectivity index (χ1v) is 7.03. The average molecular weight is 271 g/mol. The second-order valence-corrected chi connectivity index (χ2v) is 5.58. The Hall–Kier alpha value is -0.970. The zero-order chi connectivity index (χ0) is 13.9. The van der Waals surface area contributed by atoms with Crippen molar-refractivity contribution in [3.8, 4) is 0 Å². The molecule has 0 saturated heterocycles. The van der Waals surface area contributed by atoms with Crippen LogP contribution >= 0.6 is 0 Å². The highest BCUT2D eigenvalue weighted by atomic mass is 19.3. The molecular weight excluding hydrogens is 248 g/mol. The number of nitrogens with zero attached hydrogens (tertiary/aromatic N) is 2. The lowest BCUT2D eigenvalue weighted by Gasteiger charge is -2.33. The van der Waals surface area contributed by atoms with Crippen molar-refractivity contribution in [2.24, 2.45) is 13.0 Å². The molecule has 5 heteroatoms. The van der Waals surface area contributed by atoms with E-state index in [4.69, 9.17) is 0 Å². The maximum absolute atomic E-state index is 13.2. The van der Waals surface area contributed by atoms with Crippen molar-refractivity contribution in [2.45, 2.75) is 50.5 Å². The van der Waals surface area contributed by atoms with E-state index in [0.29, 0.717) is 24.8 Å². The quantitative estimate of drug-likeness (QED) is 0.892. The topological polar surface area (TPSA) is 29.9 Å². The third kappa shape index (κ3) is 3.75. The number of imidazole rings is 1. The van der Waals surface area contributed by atoms with Gasteiger partial charge in [0.15, 0.2) is 0 Å². The smallest absolute Gasteiger partial charge is 0.248 e. The Balaban J connectivity index is 1.85. The second-order valence-electron chi connectivity index (χ2n) is 5.58. The highest BCUT2D eigenvalue weighted by molar-refractivity contribution is 4.93. The summed E-state index contributed by atoms with van der Waals surface area (Å²) < 4.78 is 28.4. The molecule has 1 heterocycles.